The Balaban J connectivity index is 2.05. The minimum atomic E-state index is -1.20. The van der Waals surface area contributed by atoms with Crippen LogP contribution in [0.2, 0.25) is 0 Å². The predicted molar refractivity (Wildman–Crippen MR) is 126 cm³/mol. The Hall–Kier alpha value is -2.43. The molecule has 0 spiro atoms. The minimum absolute atomic E-state index is 0.0621. The maximum absolute atomic E-state index is 12.2. The van der Waals surface area contributed by atoms with E-state index in [4.69, 9.17) is 15.6 Å². The summed E-state index contributed by atoms with van der Waals surface area (Å²) < 4.78 is 7.15. The summed E-state index contributed by atoms with van der Waals surface area (Å²) in [5.41, 5.74) is 6.74. The van der Waals surface area contributed by atoms with Gasteiger partial charge in [0.1, 0.15) is 17.5 Å². The van der Waals surface area contributed by atoms with Gasteiger partial charge in [-0.1, -0.05) is 13.8 Å². The molecule has 0 radical (unpaired) electrons. The van der Waals surface area contributed by atoms with Gasteiger partial charge in [-0.2, -0.15) is 0 Å². The van der Waals surface area contributed by atoms with Gasteiger partial charge >= 0.3 is 5.97 Å². The number of carbonyl (C=O) groups is 3. The van der Waals surface area contributed by atoms with Crippen molar-refractivity contribution in [3.63, 3.8) is 0 Å². The first-order valence-electron chi connectivity index (χ1n) is 9.77. The normalized spacial score (nSPS) is 11.8. The molecule has 0 saturated carbocycles. The molecule has 0 aliphatic rings. The van der Waals surface area contributed by atoms with Crippen LogP contribution in [0.5, 0.6) is 17.2 Å². The van der Waals surface area contributed by atoms with Crippen molar-refractivity contribution >= 4 is 49.6 Å². The van der Waals surface area contributed by atoms with Crippen LogP contribution in [0.15, 0.2) is 39.3 Å². The number of phenols is 1. The lowest BCUT2D eigenvalue weighted by molar-refractivity contribution is -0.138. The van der Waals surface area contributed by atoms with E-state index in [1.54, 1.807) is 30.3 Å². The molecule has 1 atom stereocenters. The number of hydrogen-bond acceptors (Lipinski definition) is 6. The summed E-state index contributed by atoms with van der Waals surface area (Å²) in [6, 6.07) is 7.25. The third-order valence-electron chi connectivity index (χ3n) is 4.54. The lowest BCUT2D eigenvalue weighted by atomic mass is 10.0. The van der Waals surface area contributed by atoms with Gasteiger partial charge in [0.2, 0.25) is 11.8 Å². The van der Waals surface area contributed by atoms with Crippen LogP contribution in [0, 0.1) is 0 Å². The van der Waals surface area contributed by atoms with Gasteiger partial charge in [-0.05, 0) is 80.1 Å². The fourth-order valence-corrected chi connectivity index (χ4v) is 4.29. The molecule has 0 bridgehead atoms. The number of hydrogen-bond donors (Lipinski definition) is 4. The van der Waals surface area contributed by atoms with Gasteiger partial charge in [0.15, 0.2) is 5.75 Å². The lowest BCUT2D eigenvalue weighted by Crippen LogP contribution is -2.35. The quantitative estimate of drug-likeness (QED) is 0.353. The smallest absolute Gasteiger partial charge is 0.320 e. The SMILES string of the molecule is CC(C)c1cc(Oc2c(Br)cc(CC(=O)NC(=O)CC[C@H](N)C(=O)O)cc2Br)ccc1O. The molecule has 0 unspecified atom stereocenters. The largest absolute Gasteiger partial charge is 0.508 e. The molecular formula is C22H24Br2N2O6. The Morgan fingerprint density at radius 3 is 2.28 bits per heavy atom. The maximum atomic E-state index is 12.2. The van der Waals surface area contributed by atoms with Crippen LogP contribution in [-0.4, -0.2) is 34.0 Å². The van der Waals surface area contributed by atoms with E-state index >= 15 is 0 Å². The number of carboxylic acid groups (broad SMARTS) is 1. The van der Waals surface area contributed by atoms with Crippen molar-refractivity contribution < 1.29 is 29.3 Å². The minimum Gasteiger partial charge on any atom is -0.508 e. The molecule has 172 valence electrons. The van der Waals surface area contributed by atoms with E-state index in [-0.39, 0.29) is 30.9 Å². The van der Waals surface area contributed by atoms with Crippen molar-refractivity contribution in [1.29, 1.82) is 0 Å². The van der Waals surface area contributed by atoms with Crippen LogP contribution >= 0.6 is 31.9 Å². The molecule has 2 rings (SSSR count). The lowest BCUT2D eigenvalue weighted by Gasteiger charge is -2.14. The van der Waals surface area contributed by atoms with E-state index in [1.165, 1.54) is 0 Å². The second-order valence-electron chi connectivity index (χ2n) is 7.50. The zero-order chi connectivity index (χ0) is 24.0. The number of rotatable bonds is 9. The molecule has 5 N–H and O–H groups in total. The second kappa shape index (κ2) is 11.4. The van der Waals surface area contributed by atoms with Crippen LogP contribution < -0.4 is 15.8 Å². The number of halogens is 2. The Bertz CT molecular complexity index is 1000. The molecule has 0 aliphatic carbocycles. The van der Waals surface area contributed by atoms with E-state index in [0.29, 0.717) is 26.0 Å². The standard InChI is InChI=1S/C22H24Br2N2O6/c1-11(2)14-10-13(3-5-18(14)27)32-21-15(23)7-12(8-16(21)24)9-20(29)26-19(28)6-4-17(25)22(30)31/h3,5,7-8,10-11,17,27H,4,6,9,25H2,1-2H3,(H,30,31)(H,26,28,29)/t17-/m0/s1. The van der Waals surface area contributed by atoms with Gasteiger partial charge in [0, 0.05) is 12.0 Å². The van der Waals surface area contributed by atoms with Crippen molar-refractivity contribution in [2.75, 3.05) is 0 Å². The zero-order valence-electron chi connectivity index (χ0n) is 17.5. The van der Waals surface area contributed by atoms with Crippen LogP contribution in [0.25, 0.3) is 0 Å². The topological polar surface area (TPSA) is 139 Å². The highest BCUT2D eigenvalue weighted by atomic mass is 79.9. The Labute approximate surface area is 202 Å². The van der Waals surface area contributed by atoms with Gasteiger partial charge in [-0.25, -0.2) is 0 Å². The number of aliphatic carboxylic acids is 1. The Morgan fingerprint density at radius 2 is 1.72 bits per heavy atom. The summed E-state index contributed by atoms with van der Waals surface area (Å²) in [5, 5.41) is 20.9. The van der Waals surface area contributed by atoms with Crippen LogP contribution in [0.4, 0.5) is 0 Å². The number of amides is 2. The Kier molecular flexibility index (Phi) is 9.23. The summed E-state index contributed by atoms with van der Waals surface area (Å²) in [6.45, 7) is 3.94. The molecule has 0 aliphatic heterocycles. The Morgan fingerprint density at radius 1 is 1.09 bits per heavy atom. The number of carbonyl (C=O) groups excluding carboxylic acids is 2. The predicted octanol–water partition coefficient (Wildman–Crippen LogP) is 4.21. The zero-order valence-corrected chi connectivity index (χ0v) is 20.7. The first kappa shape index (κ1) is 25.8. The van der Waals surface area contributed by atoms with Gasteiger partial charge in [0.05, 0.1) is 15.4 Å². The van der Waals surface area contributed by atoms with Gasteiger partial charge in [0.25, 0.3) is 0 Å². The van der Waals surface area contributed by atoms with Crippen LogP contribution in [-0.2, 0) is 20.8 Å². The number of ether oxygens (including phenoxy) is 1. The molecule has 0 fully saturated rings. The molecule has 0 saturated heterocycles. The molecule has 0 aromatic heterocycles. The fraction of sp³-hybridized carbons (Fsp3) is 0.318. The molecule has 8 nitrogen and oxygen atoms in total. The van der Waals surface area contributed by atoms with E-state index in [9.17, 15) is 19.5 Å². The third kappa shape index (κ3) is 7.32. The average molecular weight is 572 g/mol. The van der Waals surface area contributed by atoms with Gasteiger partial charge in [-0.3, -0.25) is 19.7 Å². The number of nitrogens with two attached hydrogens (primary N) is 1. The average Bonchev–Trinajstić information content (AvgIpc) is 2.69. The number of carboxylic acids is 1. The second-order valence-corrected chi connectivity index (χ2v) is 9.21. The summed E-state index contributed by atoms with van der Waals surface area (Å²) in [4.78, 5) is 34.7. The molecule has 0 heterocycles. The van der Waals surface area contributed by atoms with E-state index < -0.39 is 23.8 Å². The summed E-state index contributed by atoms with van der Waals surface area (Å²) in [7, 11) is 0. The maximum Gasteiger partial charge on any atom is 0.320 e. The van der Waals surface area contributed by atoms with Crippen LogP contribution in [0.3, 0.4) is 0 Å². The first-order valence-corrected chi connectivity index (χ1v) is 11.4. The van der Waals surface area contributed by atoms with E-state index in [1.807, 2.05) is 13.8 Å². The van der Waals surface area contributed by atoms with Gasteiger partial charge in [-0.15, -0.1) is 0 Å². The highest BCUT2D eigenvalue weighted by Crippen LogP contribution is 2.39. The fourth-order valence-electron chi connectivity index (χ4n) is 2.85. The molecular weight excluding hydrogens is 548 g/mol. The number of benzene rings is 2. The molecule has 2 aromatic carbocycles. The molecule has 32 heavy (non-hydrogen) atoms. The summed E-state index contributed by atoms with van der Waals surface area (Å²) >= 11 is 6.88. The highest BCUT2D eigenvalue weighted by molar-refractivity contribution is 9.11. The van der Waals surface area contributed by atoms with Crippen molar-refractivity contribution in [1.82, 2.24) is 5.32 Å². The number of nitrogens with one attached hydrogen (secondary N) is 1. The summed E-state index contributed by atoms with van der Waals surface area (Å²) in [6.07, 6.45) is -0.289. The third-order valence-corrected chi connectivity index (χ3v) is 5.72. The monoisotopic (exact) mass is 570 g/mol. The summed E-state index contributed by atoms with van der Waals surface area (Å²) in [5.74, 6) is -0.949. The first-order chi connectivity index (χ1) is 15.0. The molecule has 2 aromatic rings. The molecule has 10 heteroatoms. The van der Waals surface area contributed by atoms with E-state index in [2.05, 4.69) is 37.2 Å². The van der Waals surface area contributed by atoms with Crippen molar-refractivity contribution in [3.8, 4) is 17.2 Å². The number of imide groups is 1. The number of aromatic hydroxyl groups is 1. The van der Waals surface area contributed by atoms with Gasteiger partial charge < -0.3 is 20.7 Å². The van der Waals surface area contributed by atoms with E-state index in [0.717, 1.165) is 5.56 Å². The highest BCUT2D eigenvalue weighted by Gasteiger charge is 2.17. The van der Waals surface area contributed by atoms with Crippen molar-refractivity contribution in [2.45, 2.75) is 45.1 Å². The van der Waals surface area contributed by atoms with Crippen LogP contribution in [0.1, 0.15) is 43.7 Å². The number of phenolic OH excluding ortho intramolecular Hbond substituents is 1. The van der Waals surface area contributed by atoms with Crippen molar-refractivity contribution in [3.05, 3.63) is 50.4 Å². The molecule has 2 amide bonds. The van der Waals surface area contributed by atoms with Crippen molar-refractivity contribution in [2.24, 2.45) is 5.73 Å².